The number of anilines is 1. The summed E-state index contributed by atoms with van der Waals surface area (Å²) in [4.78, 5) is 20.3. The minimum atomic E-state index is 0.0436. The summed E-state index contributed by atoms with van der Waals surface area (Å²) in [5, 5.41) is 9.31. The average molecular weight is 328 g/mol. The van der Waals surface area contributed by atoms with E-state index in [-0.39, 0.29) is 17.5 Å². The Morgan fingerprint density at radius 2 is 2.17 bits per heavy atom. The van der Waals surface area contributed by atoms with Crippen molar-refractivity contribution in [2.24, 2.45) is 5.92 Å². The van der Waals surface area contributed by atoms with Crippen LogP contribution < -0.4 is 4.90 Å². The lowest BCUT2D eigenvalue weighted by atomic mass is 10.1. The number of rotatable bonds is 4. The topological polar surface area (TPSA) is 86.5 Å². The molecule has 1 aliphatic rings. The van der Waals surface area contributed by atoms with Gasteiger partial charge in [-0.15, -0.1) is 0 Å². The molecule has 2 aromatic rings. The summed E-state index contributed by atoms with van der Waals surface area (Å²) in [5.41, 5.74) is 0.239. The molecule has 126 valence electrons. The predicted octanol–water partition coefficient (Wildman–Crippen LogP) is 2.50. The van der Waals surface area contributed by atoms with Crippen molar-refractivity contribution >= 4 is 11.8 Å². The number of nitriles is 1. The molecule has 3 heterocycles. The number of aromatic nitrogens is 1. The zero-order valence-electron chi connectivity index (χ0n) is 13.9. The van der Waals surface area contributed by atoms with Crippen molar-refractivity contribution in [3.05, 3.63) is 24.1 Å². The van der Waals surface area contributed by atoms with Crippen LogP contribution in [0.2, 0.25) is 0 Å². The molecule has 7 nitrogen and oxygen atoms in total. The third kappa shape index (κ3) is 3.00. The molecule has 0 bridgehead atoms. The van der Waals surface area contributed by atoms with Crippen LogP contribution in [0.4, 0.5) is 5.88 Å². The van der Waals surface area contributed by atoms with Crippen molar-refractivity contribution in [1.82, 2.24) is 9.88 Å². The standard InChI is InChI=1S/C17H20N4O3/c1-3-12(2)16(22)20-6-8-21(9-7-20)17-13(11-18)19-15(24-17)14-5-4-10-23-14/h4-5,10,12H,3,6-9H2,1-2H3. The number of furan rings is 1. The lowest BCUT2D eigenvalue weighted by Gasteiger charge is -2.35. The molecule has 0 radical (unpaired) electrons. The number of hydrogen-bond acceptors (Lipinski definition) is 6. The molecule has 1 atom stereocenters. The van der Waals surface area contributed by atoms with Crippen LogP contribution in [0.25, 0.3) is 11.7 Å². The summed E-state index contributed by atoms with van der Waals surface area (Å²) >= 11 is 0. The fraction of sp³-hybridized carbons (Fsp3) is 0.471. The Balaban J connectivity index is 1.73. The Kier molecular flexibility index (Phi) is 4.56. The smallest absolute Gasteiger partial charge is 0.266 e. The van der Waals surface area contributed by atoms with Crippen molar-refractivity contribution < 1.29 is 13.6 Å². The lowest BCUT2D eigenvalue weighted by Crippen LogP contribution is -2.50. The van der Waals surface area contributed by atoms with Gasteiger partial charge in [-0.25, -0.2) is 0 Å². The molecule has 1 amide bonds. The molecule has 0 spiro atoms. The molecule has 1 fully saturated rings. The number of oxazole rings is 1. The molecule has 1 saturated heterocycles. The zero-order valence-corrected chi connectivity index (χ0v) is 13.9. The summed E-state index contributed by atoms with van der Waals surface area (Å²) in [5.74, 6) is 1.46. The van der Waals surface area contributed by atoms with E-state index >= 15 is 0 Å². The maximum absolute atomic E-state index is 12.3. The predicted molar refractivity (Wildman–Crippen MR) is 87.2 cm³/mol. The van der Waals surface area contributed by atoms with Crippen molar-refractivity contribution in [3.8, 4) is 17.7 Å². The average Bonchev–Trinajstić information content (AvgIpc) is 3.29. The fourth-order valence-corrected chi connectivity index (χ4v) is 2.72. The summed E-state index contributed by atoms with van der Waals surface area (Å²) in [6.07, 6.45) is 2.37. The first kappa shape index (κ1) is 16.1. The summed E-state index contributed by atoms with van der Waals surface area (Å²) < 4.78 is 11.0. The molecule has 1 aliphatic heterocycles. The van der Waals surface area contributed by atoms with Crippen molar-refractivity contribution in [2.45, 2.75) is 20.3 Å². The minimum Gasteiger partial charge on any atom is -0.459 e. The zero-order chi connectivity index (χ0) is 17.1. The van der Waals surface area contributed by atoms with Crippen LogP contribution in [0, 0.1) is 17.2 Å². The number of amides is 1. The van der Waals surface area contributed by atoms with Crippen molar-refractivity contribution in [2.75, 3.05) is 31.1 Å². The van der Waals surface area contributed by atoms with Crippen LogP contribution in [0.1, 0.15) is 26.0 Å². The number of carbonyl (C=O) groups excluding carboxylic acids is 1. The van der Waals surface area contributed by atoms with E-state index in [0.29, 0.717) is 43.7 Å². The Hall–Kier alpha value is -2.75. The minimum absolute atomic E-state index is 0.0436. The van der Waals surface area contributed by atoms with E-state index in [1.165, 1.54) is 6.26 Å². The van der Waals surface area contributed by atoms with Gasteiger partial charge in [-0.1, -0.05) is 13.8 Å². The Bertz CT molecular complexity index is 736. The van der Waals surface area contributed by atoms with Crippen molar-refractivity contribution in [3.63, 3.8) is 0 Å². The third-order valence-corrected chi connectivity index (χ3v) is 4.36. The van der Waals surface area contributed by atoms with Gasteiger partial charge in [-0.2, -0.15) is 10.2 Å². The van der Waals surface area contributed by atoms with Gasteiger partial charge < -0.3 is 18.6 Å². The van der Waals surface area contributed by atoms with E-state index in [2.05, 4.69) is 11.1 Å². The van der Waals surface area contributed by atoms with Crippen LogP contribution in [-0.4, -0.2) is 42.0 Å². The Morgan fingerprint density at radius 3 is 2.75 bits per heavy atom. The molecule has 7 heteroatoms. The highest BCUT2D eigenvalue weighted by Gasteiger charge is 2.28. The molecule has 24 heavy (non-hydrogen) atoms. The lowest BCUT2D eigenvalue weighted by molar-refractivity contribution is -0.135. The normalized spacial score (nSPS) is 16.0. The second-order valence-electron chi connectivity index (χ2n) is 5.88. The Morgan fingerprint density at radius 1 is 1.42 bits per heavy atom. The highest BCUT2D eigenvalue weighted by molar-refractivity contribution is 5.78. The Labute approximate surface area is 140 Å². The quantitative estimate of drug-likeness (QED) is 0.857. The van der Waals surface area contributed by atoms with E-state index in [4.69, 9.17) is 8.83 Å². The number of nitrogens with zero attached hydrogens (tertiary/aromatic N) is 4. The first-order valence-electron chi connectivity index (χ1n) is 8.12. The van der Waals surface area contributed by atoms with Crippen LogP contribution in [0.5, 0.6) is 0 Å². The second kappa shape index (κ2) is 6.79. The third-order valence-electron chi connectivity index (χ3n) is 4.36. The molecular weight excluding hydrogens is 308 g/mol. The highest BCUT2D eigenvalue weighted by Crippen LogP contribution is 2.29. The van der Waals surface area contributed by atoms with Gasteiger partial charge in [0, 0.05) is 32.1 Å². The van der Waals surface area contributed by atoms with E-state index in [1.807, 2.05) is 23.6 Å². The van der Waals surface area contributed by atoms with E-state index in [1.54, 1.807) is 12.1 Å². The van der Waals surface area contributed by atoms with Crippen LogP contribution >= 0.6 is 0 Å². The van der Waals surface area contributed by atoms with E-state index in [0.717, 1.165) is 6.42 Å². The molecular formula is C17H20N4O3. The summed E-state index contributed by atoms with van der Waals surface area (Å²) in [6.45, 7) is 6.43. The summed E-state index contributed by atoms with van der Waals surface area (Å²) in [7, 11) is 0. The molecule has 1 unspecified atom stereocenters. The van der Waals surface area contributed by atoms with Gasteiger partial charge in [0.1, 0.15) is 6.07 Å². The van der Waals surface area contributed by atoms with Crippen molar-refractivity contribution in [1.29, 1.82) is 5.26 Å². The molecule has 2 aromatic heterocycles. The SMILES string of the molecule is CCC(C)C(=O)N1CCN(c2oc(-c3ccco3)nc2C#N)CC1. The largest absolute Gasteiger partial charge is 0.459 e. The second-order valence-corrected chi connectivity index (χ2v) is 5.88. The first-order chi connectivity index (χ1) is 11.6. The monoisotopic (exact) mass is 328 g/mol. The van der Waals surface area contributed by atoms with Gasteiger partial charge in [0.05, 0.1) is 6.26 Å². The molecule has 0 saturated carbocycles. The van der Waals surface area contributed by atoms with Gasteiger partial charge in [0.25, 0.3) is 5.89 Å². The molecule has 3 rings (SSSR count). The van der Waals surface area contributed by atoms with Gasteiger partial charge in [-0.05, 0) is 18.6 Å². The summed E-state index contributed by atoms with van der Waals surface area (Å²) in [6, 6.07) is 5.54. The molecule has 0 N–H and O–H groups in total. The molecule has 0 aromatic carbocycles. The van der Waals surface area contributed by atoms with Crippen LogP contribution in [0.15, 0.2) is 27.2 Å². The number of piperazine rings is 1. The number of carbonyl (C=O) groups is 1. The van der Waals surface area contributed by atoms with Crippen LogP contribution in [-0.2, 0) is 4.79 Å². The maximum atomic E-state index is 12.3. The van der Waals surface area contributed by atoms with E-state index < -0.39 is 0 Å². The van der Waals surface area contributed by atoms with Crippen LogP contribution in [0.3, 0.4) is 0 Å². The van der Waals surface area contributed by atoms with E-state index in [9.17, 15) is 10.1 Å². The number of hydrogen-bond donors (Lipinski definition) is 0. The van der Waals surface area contributed by atoms with Gasteiger partial charge in [-0.3, -0.25) is 4.79 Å². The van der Waals surface area contributed by atoms with Gasteiger partial charge >= 0.3 is 0 Å². The van der Waals surface area contributed by atoms with Gasteiger partial charge in [0.2, 0.25) is 17.5 Å². The first-order valence-corrected chi connectivity index (χ1v) is 8.12. The maximum Gasteiger partial charge on any atom is 0.266 e. The molecule has 0 aliphatic carbocycles. The van der Waals surface area contributed by atoms with Gasteiger partial charge in [0.15, 0.2) is 5.76 Å². The highest BCUT2D eigenvalue weighted by atomic mass is 16.4. The fourth-order valence-electron chi connectivity index (χ4n) is 2.72.